The molecule has 1 saturated heterocycles. The first-order valence-corrected chi connectivity index (χ1v) is 12.7. The lowest BCUT2D eigenvalue weighted by atomic mass is 9.95. The Morgan fingerprint density at radius 3 is 2.55 bits per heavy atom. The van der Waals surface area contributed by atoms with Crippen molar-refractivity contribution >= 4 is 40.7 Å². The molecule has 6 nitrogen and oxygen atoms in total. The number of hydrogen-bond acceptors (Lipinski definition) is 4. The maximum Gasteiger partial charge on any atom is 0.191 e. The van der Waals surface area contributed by atoms with Crippen LogP contribution in [0, 0.1) is 0 Å². The van der Waals surface area contributed by atoms with Crippen LogP contribution in [0.5, 0.6) is 5.75 Å². The normalized spacial score (nSPS) is 24.2. The van der Waals surface area contributed by atoms with Crippen molar-refractivity contribution in [3.8, 4) is 5.75 Å². The van der Waals surface area contributed by atoms with Crippen molar-refractivity contribution in [2.45, 2.75) is 62.8 Å². The highest BCUT2D eigenvalue weighted by molar-refractivity contribution is 14.0. The van der Waals surface area contributed by atoms with Crippen LogP contribution in [0.15, 0.2) is 29.3 Å². The quantitative estimate of drug-likeness (QED) is 0.288. The molecule has 0 spiro atoms. The Balaban J connectivity index is 0.00000341. The standard InChI is InChI=1S/C23H38N4O2S.HI/c1-4-30(28)21-9-7-8-19(16-21)26-23(24-2)25-17-22(27-14-5-6-15-27)18-10-12-20(29-3)13-11-18;/h10-13,19,21-22H,4-9,14-17H2,1-3H3,(H2,24,25,26);1H. The van der Waals surface area contributed by atoms with Gasteiger partial charge in [-0.2, -0.15) is 0 Å². The first-order valence-electron chi connectivity index (χ1n) is 11.4. The van der Waals surface area contributed by atoms with Gasteiger partial charge in [0, 0.05) is 41.4 Å². The highest BCUT2D eigenvalue weighted by Crippen LogP contribution is 2.26. The number of rotatable bonds is 8. The summed E-state index contributed by atoms with van der Waals surface area (Å²) in [4.78, 5) is 7.03. The number of guanidine groups is 1. The molecule has 31 heavy (non-hydrogen) atoms. The smallest absolute Gasteiger partial charge is 0.191 e. The molecule has 0 bridgehead atoms. The largest absolute Gasteiger partial charge is 0.497 e. The third kappa shape index (κ3) is 7.60. The molecule has 1 aliphatic carbocycles. The lowest BCUT2D eigenvalue weighted by molar-refractivity contribution is 0.245. The van der Waals surface area contributed by atoms with Crippen LogP contribution < -0.4 is 15.4 Å². The van der Waals surface area contributed by atoms with Crippen molar-refractivity contribution in [2.24, 2.45) is 4.99 Å². The molecule has 1 aliphatic heterocycles. The number of halogens is 1. The van der Waals surface area contributed by atoms with E-state index < -0.39 is 10.8 Å². The average molecular weight is 563 g/mol. The van der Waals surface area contributed by atoms with E-state index >= 15 is 0 Å². The van der Waals surface area contributed by atoms with E-state index in [0.29, 0.717) is 17.3 Å². The van der Waals surface area contributed by atoms with Gasteiger partial charge in [0.05, 0.1) is 13.2 Å². The second kappa shape index (κ2) is 13.6. The predicted molar refractivity (Wildman–Crippen MR) is 141 cm³/mol. The van der Waals surface area contributed by atoms with Crippen LogP contribution in [0.2, 0.25) is 0 Å². The maximum absolute atomic E-state index is 12.3. The third-order valence-corrected chi connectivity index (χ3v) is 8.13. The monoisotopic (exact) mass is 562 g/mol. The molecule has 2 aliphatic rings. The molecule has 8 heteroatoms. The summed E-state index contributed by atoms with van der Waals surface area (Å²) in [6.07, 6.45) is 6.82. The fourth-order valence-electron chi connectivity index (χ4n) is 4.67. The molecule has 2 fully saturated rings. The van der Waals surface area contributed by atoms with E-state index in [1.54, 1.807) is 7.11 Å². The third-order valence-electron chi connectivity index (χ3n) is 6.39. The molecule has 0 radical (unpaired) electrons. The van der Waals surface area contributed by atoms with E-state index in [1.807, 2.05) is 26.1 Å². The molecule has 1 aromatic rings. The summed E-state index contributed by atoms with van der Waals surface area (Å²) in [5, 5.41) is 7.48. The van der Waals surface area contributed by atoms with E-state index in [9.17, 15) is 4.21 Å². The maximum atomic E-state index is 12.3. The van der Waals surface area contributed by atoms with Crippen molar-refractivity contribution in [1.82, 2.24) is 15.5 Å². The molecule has 4 unspecified atom stereocenters. The van der Waals surface area contributed by atoms with Gasteiger partial charge in [0.1, 0.15) is 5.75 Å². The highest BCUT2D eigenvalue weighted by atomic mass is 127. The highest BCUT2D eigenvalue weighted by Gasteiger charge is 2.27. The SMILES string of the molecule is CCS(=O)C1CCCC(NC(=NC)NCC(c2ccc(OC)cc2)N2CCCC2)C1.I. The molecule has 2 N–H and O–H groups in total. The molecule has 1 heterocycles. The first kappa shape index (κ1) is 26.4. The summed E-state index contributed by atoms with van der Waals surface area (Å²) in [7, 11) is 2.83. The average Bonchev–Trinajstić information content (AvgIpc) is 3.33. The van der Waals surface area contributed by atoms with E-state index in [1.165, 1.54) is 18.4 Å². The van der Waals surface area contributed by atoms with Gasteiger partial charge in [-0.05, 0) is 62.9 Å². The van der Waals surface area contributed by atoms with Crippen LogP contribution >= 0.6 is 24.0 Å². The first-order chi connectivity index (χ1) is 14.6. The number of methoxy groups -OCH3 is 1. The molecule has 4 atom stereocenters. The van der Waals surface area contributed by atoms with Crippen LogP contribution in [0.25, 0.3) is 0 Å². The summed E-state index contributed by atoms with van der Waals surface area (Å²) < 4.78 is 17.6. The van der Waals surface area contributed by atoms with Gasteiger partial charge < -0.3 is 15.4 Å². The van der Waals surface area contributed by atoms with Gasteiger partial charge in [0.25, 0.3) is 0 Å². The number of nitrogens with one attached hydrogen (secondary N) is 2. The Bertz CT molecular complexity index is 710. The minimum absolute atomic E-state index is 0. The summed E-state index contributed by atoms with van der Waals surface area (Å²) in [5.74, 6) is 2.49. The molecular formula is C23H39IN4O2S. The zero-order valence-corrected chi connectivity index (χ0v) is 22.3. The van der Waals surface area contributed by atoms with Gasteiger partial charge in [-0.3, -0.25) is 14.1 Å². The number of ether oxygens (including phenoxy) is 1. The summed E-state index contributed by atoms with van der Waals surface area (Å²) in [6, 6.07) is 9.08. The second-order valence-corrected chi connectivity index (χ2v) is 10.3. The Morgan fingerprint density at radius 1 is 1.23 bits per heavy atom. The van der Waals surface area contributed by atoms with Gasteiger partial charge in [0.15, 0.2) is 5.96 Å². The summed E-state index contributed by atoms with van der Waals surface area (Å²) >= 11 is 0. The van der Waals surface area contributed by atoms with Gasteiger partial charge in [-0.15, -0.1) is 24.0 Å². The lowest BCUT2D eigenvalue weighted by Crippen LogP contribution is -2.48. The molecule has 0 aromatic heterocycles. The van der Waals surface area contributed by atoms with Crippen molar-refractivity contribution < 1.29 is 8.95 Å². The zero-order chi connectivity index (χ0) is 21.3. The van der Waals surface area contributed by atoms with Gasteiger partial charge in [-0.25, -0.2) is 0 Å². The van der Waals surface area contributed by atoms with Crippen LogP contribution in [0.4, 0.5) is 0 Å². The minimum Gasteiger partial charge on any atom is -0.497 e. The molecule has 1 saturated carbocycles. The van der Waals surface area contributed by atoms with Crippen molar-refractivity contribution in [3.05, 3.63) is 29.8 Å². The minimum atomic E-state index is -0.709. The van der Waals surface area contributed by atoms with Crippen molar-refractivity contribution in [2.75, 3.05) is 39.5 Å². The summed E-state index contributed by atoms with van der Waals surface area (Å²) in [6.45, 7) is 5.10. The Hall–Kier alpha value is -0.870. The van der Waals surface area contributed by atoms with Crippen molar-refractivity contribution in [3.63, 3.8) is 0 Å². The van der Waals surface area contributed by atoms with Gasteiger partial charge in [-0.1, -0.05) is 25.5 Å². The molecule has 176 valence electrons. The summed E-state index contributed by atoms with van der Waals surface area (Å²) in [5.41, 5.74) is 1.30. The van der Waals surface area contributed by atoms with Gasteiger partial charge >= 0.3 is 0 Å². The van der Waals surface area contributed by atoms with Crippen LogP contribution in [0.1, 0.15) is 57.1 Å². The fourth-order valence-corrected chi connectivity index (χ4v) is 6.02. The number of hydrogen-bond donors (Lipinski definition) is 2. The molecule has 0 amide bonds. The predicted octanol–water partition coefficient (Wildman–Crippen LogP) is 3.69. The van der Waals surface area contributed by atoms with Crippen molar-refractivity contribution in [1.29, 1.82) is 0 Å². The number of benzene rings is 1. The van der Waals surface area contributed by atoms with Crippen LogP contribution in [-0.2, 0) is 10.8 Å². The zero-order valence-electron chi connectivity index (χ0n) is 19.1. The van der Waals surface area contributed by atoms with E-state index in [4.69, 9.17) is 4.74 Å². The lowest BCUT2D eigenvalue weighted by Gasteiger charge is -2.32. The Kier molecular flexibility index (Phi) is 11.6. The second-order valence-electron chi connectivity index (χ2n) is 8.28. The Labute approximate surface area is 207 Å². The van der Waals surface area contributed by atoms with Gasteiger partial charge in [0.2, 0.25) is 0 Å². The Morgan fingerprint density at radius 2 is 1.94 bits per heavy atom. The fraction of sp³-hybridized carbons (Fsp3) is 0.696. The molecular weight excluding hydrogens is 523 g/mol. The van der Waals surface area contributed by atoms with E-state index in [2.05, 4.69) is 32.7 Å². The topological polar surface area (TPSA) is 66.0 Å². The number of aliphatic imine (C=N–C) groups is 1. The molecule has 3 rings (SSSR count). The van der Waals surface area contributed by atoms with E-state index in [-0.39, 0.29) is 24.0 Å². The van der Waals surface area contributed by atoms with Crippen LogP contribution in [-0.4, -0.2) is 65.9 Å². The molecule has 1 aromatic carbocycles. The number of nitrogens with zero attached hydrogens (tertiary/aromatic N) is 2. The number of likely N-dealkylation sites (tertiary alicyclic amines) is 1. The van der Waals surface area contributed by atoms with Crippen LogP contribution in [0.3, 0.4) is 0 Å². The van der Waals surface area contributed by atoms with E-state index in [0.717, 1.165) is 62.8 Å².